The molecule has 0 aliphatic carbocycles. The molecule has 3 rings (SSSR count). The van der Waals surface area contributed by atoms with E-state index in [1.807, 2.05) is 13.8 Å². The maximum atomic E-state index is 13.5. The van der Waals surface area contributed by atoms with Gasteiger partial charge >= 0.3 is 5.97 Å². The Morgan fingerprint density at radius 2 is 2.19 bits per heavy atom. The van der Waals surface area contributed by atoms with Gasteiger partial charge in [-0.3, -0.25) is 14.4 Å². The van der Waals surface area contributed by atoms with Crippen LogP contribution in [0.3, 0.4) is 0 Å². The number of fused-ring (bicyclic) bond motifs is 1. The molecule has 0 saturated carbocycles. The number of carboxylic acid groups (broad SMARTS) is 1. The van der Waals surface area contributed by atoms with Crippen LogP contribution in [0.25, 0.3) is 0 Å². The van der Waals surface area contributed by atoms with Crippen molar-refractivity contribution in [1.82, 2.24) is 9.80 Å². The molecule has 0 aromatic rings. The molecular formula is C18H25BrN2O6. The van der Waals surface area contributed by atoms with Gasteiger partial charge in [0.05, 0.1) is 24.5 Å². The number of hydrogen-bond donors (Lipinski definition) is 2. The lowest BCUT2D eigenvalue weighted by molar-refractivity contribution is -0.151. The quantitative estimate of drug-likeness (QED) is 0.430. The number of carbonyl (C=O) groups excluding carboxylic acids is 2. The Morgan fingerprint density at radius 1 is 1.52 bits per heavy atom. The van der Waals surface area contributed by atoms with Gasteiger partial charge in [0.2, 0.25) is 11.8 Å². The molecule has 8 nitrogen and oxygen atoms in total. The lowest BCUT2D eigenvalue weighted by Gasteiger charge is -2.38. The number of ether oxygens (including phenoxy) is 1. The Balaban J connectivity index is 2.08. The van der Waals surface area contributed by atoms with E-state index in [4.69, 9.17) is 4.74 Å². The number of likely N-dealkylation sites (tertiary alicyclic amines) is 1. The molecule has 3 saturated heterocycles. The minimum Gasteiger partial charge on any atom is -0.481 e. The maximum Gasteiger partial charge on any atom is 0.310 e. The first kappa shape index (κ1) is 20.3. The van der Waals surface area contributed by atoms with Crippen LogP contribution in [0.2, 0.25) is 0 Å². The number of carbonyl (C=O) groups is 3. The molecule has 2 N–H and O–H groups in total. The largest absolute Gasteiger partial charge is 0.481 e. The molecule has 1 spiro atoms. The van der Waals surface area contributed by atoms with Crippen LogP contribution in [0.4, 0.5) is 0 Å². The Labute approximate surface area is 166 Å². The number of hydrogen-bond acceptors (Lipinski definition) is 5. The zero-order valence-corrected chi connectivity index (χ0v) is 17.0. The van der Waals surface area contributed by atoms with E-state index in [1.54, 1.807) is 11.0 Å². The van der Waals surface area contributed by atoms with Gasteiger partial charge in [-0.15, -0.1) is 6.58 Å². The minimum absolute atomic E-state index is 0.0408. The summed E-state index contributed by atoms with van der Waals surface area (Å²) in [6.07, 6.45) is 1.33. The zero-order chi connectivity index (χ0) is 20.1. The van der Waals surface area contributed by atoms with Gasteiger partial charge in [0.1, 0.15) is 11.6 Å². The molecule has 0 aromatic heterocycles. The van der Waals surface area contributed by atoms with E-state index in [0.717, 1.165) is 0 Å². The van der Waals surface area contributed by atoms with Crippen LogP contribution in [-0.2, 0) is 19.1 Å². The van der Waals surface area contributed by atoms with Gasteiger partial charge in [-0.25, -0.2) is 0 Å². The topological polar surface area (TPSA) is 107 Å². The minimum atomic E-state index is -1.19. The van der Waals surface area contributed by atoms with Crippen molar-refractivity contribution in [2.45, 2.75) is 48.9 Å². The first-order valence-electron chi connectivity index (χ1n) is 9.08. The molecule has 0 aromatic carbocycles. The average molecular weight is 445 g/mol. The number of carboxylic acids is 1. The summed E-state index contributed by atoms with van der Waals surface area (Å²) >= 11 is 3.48. The summed E-state index contributed by atoms with van der Waals surface area (Å²) in [5.41, 5.74) is -1.19. The summed E-state index contributed by atoms with van der Waals surface area (Å²) < 4.78 is 6.11. The van der Waals surface area contributed by atoms with Crippen molar-refractivity contribution in [3.05, 3.63) is 12.7 Å². The van der Waals surface area contributed by atoms with Crippen LogP contribution >= 0.6 is 15.9 Å². The first-order chi connectivity index (χ1) is 12.7. The summed E-state index contributed by atoms with van der Waals surface area (Å²) in [5, 5.41) is 19.2. The summed E-state index contributed by atoms with van der Waals surface area (Å²) in [4.78, 5) is 41.1. The number of rotatable bonds is 7. The van der Waals surface area contributed by atoms with E-state index >= 15 is 0 Å². The molecule has 2 bridgehead atoms. The molecule has 0 radical (unpaired) electrons. The van der Waals surface area contributed by atoms with E-state index in [0.29, 0.717) is 13.0 Å². The average Bonchev–Trinajstić information content (AvgIpc) is 3.17. The van der Waals surface area contributed by atoms with E-state index in [-0.39, 0.29) is 29.9 Å². The van der Waals surface area contributed by atoms with E-state index in [2.05, 4.69) is 22.5 Å². The molecule has 27 heavy (non-hydrogen) atoms. The molecule has 9 heteroatoms. The second-order valence-electron chi connectivity index (χ2n) is 7.63. The highest BCUT2D eigenvalue weighted by atomic mass is 79.9. The predicted molar refractivity (Wildman–Crippen MR) is 99.2 cm³/mol. The Morgan fingerprint density at radius 3 is 2.70 bits per heavy atom. The number of aliphatic hydroxyl groups excluding tert-OH is 1. The van der Waals surface area contributed by atoms with Crippen LogP contribution in [0.5, 0.6) is 0 Å². The molecule has 3 aliphatic heterocycles. The van der Waals surface area contributed by atoms with Crippen LogP contribution in [0.1, 0.15) is 20.3 Å². The second kappa shape index (κ2) is 7.18. The first-order valence-corrected chi connectivity index (χ1v) is 10.00. The Kier molecular flexibility index (Phi) is 5.39. The summed E-state index contributed by atoms with van der Waals surface area (Å²) in [7, 11) is 0. The summed E-state index contributed by atoms with van der Waals surface area (Å²) in [5.74, 6) is -3.78. The van der Waals surface area contributed by atoms with E-state index in [1.165, 1.54) is 4.90 Å². The number of aliphatic carboxylic acids is 1. The standard InChI is InChI=1S/C18H25BrN2O6/c1-4-5-20(9(2)3)16(24)14-18-8-10(19)13(27-18)11(17(25)26)12(18)15(23)21(14)6-7-22/h4,9-14,22H,1,5-8H2,2-3H3,(H,25,26)/t10?,11-,12+,13-,14-,18+/m0/s1. The van der Waals surface area contributed by atoms with E-state index in [9.17, 15) is 24.6 Å². The third-order valence-corrected chi connectivity index (χ3v) is 6.73. The van der Waals surface area contributed by atoms with Crippen LogP contribution < -0.4 is 0 Å². The molecule has 6 atom stereocenters. The van der Waals surface area contributed by atoms with Crippen molar-refractivity contribution in [3.63, 3.8) is 0 Å². The molecular weight excluding hydrogens is 420 g/mol. The van der Waals surface area contributed by atoms with Crippen LogP contribution in [-0.4, -0.2) is 86.1 Å². The molecule has 3 fully saturated rings. The number of β-amino-alcohol motifs (C(OH)–C–C–N with tert-alkyl or cyclic N) is 1. The van der Waals surface area contributed by atoms with Gasteiger partial charge < -0.3 is 24.7 Å². The monoisotopic (exact) mass is 444 g/mol. The number of amides is 2. The number of aliphatic hydroxyl groups is 1. The third-order valence-electron chi connectivity index (χ3n) is 5.88. The summed E-state index contributed by atoms with van der Waals surface area (Å²) in [6.45, 7) is 7.37. The smallest absolute Gasteiger partial charge is 0.310 e. The molecule has 150 valence electrons. The SMILES string of the molecule is C=CCN(C(=O)[C@@H]1N(CCO)C(=O)[C@H]2[C@H](C(=O)O)[C@H]3O[C@@]12CC3Br)C(C)C. The van der Waals surface area contributed by atoms with Gasteiger partial charge in [0.15, 0.2) is 0 Å². The fraction of sp³-hybridized carbons (Fsp3) is 0.722. The van der Waals surface area contributed by atoms with Crippen molar-refractivity contribution >= 4 is 33.7 Å². The summed E-state index contributed by atoms with van der Waals surface area (Å²) in [6, 6.07) is -1.09. The van der Waals surface area contributed by atoms with Crippen LogP contribution in [0, 0.1) is 11.8 Å². The maximum absolute atomic E-state index is 13.5. The van der Waals surface area contributed by atoms with Crippen molar-refractivity contribution < 1.29 is 29.3 Å². The number of alkyl halides is 1. The van der Waals surface area contributed by atoms with Gasteiger partial charge in [-0.2, -0.15) is 0 Å². The van der Waals surface area contributed by atoms with Crippen molar-refractivity contribution in [2.24, 2.45) is 11.8 Å². The van der Waals surface area contributed by atoms with Gasteiger partial charge in [0, 0.05) is 24.0 Å². The Bertz CT molecular complexity index is 670. The molecule has 3 heterocycles. The lowest BCUT2D eigenvalue weighted by Crippen LogP contribution is -2.58. The van der Waals surface area contributed by atoms with Crippen molar-refractivity contribution in [1.29, 1.82) is 0 Å². The van der Waals surface area contributed by atoms with Crippen molar-refractivity contribution in [2.75, 3.05) is 19.7 Å². The highest BCUT2D eigenvalue weighted by molar-refractivity contribution is 9.09. The van der Waals surface area contributed by atoms with Crippen LogP contribution in [0.15, 0.2) is 12.7 Å². The fourth-order valence-electron chi connectivity index (χ4n) is 4.89. The second-order valence-corrected chi connectivity index (χ2v) is 8.81. The third kappa shape index (κ3) is 2.82. The lowest BCUT2D eigenvalue weighted by atomic mass is 9.70. The van der Waals surface area contributed by atoms with E-state index < -0.39 is 41.5 Å². The molecule has 3 aliphatic rings. The zero-order valence-electron chi connectivity index (χ0n) is 15.4. The fourth-order valence-corrected chi connectivity index (χ4v) is 5.83. The van der Waals surface area contributed by atoms with Gasteiger partial charge in [0.25, 0.3) is 0 Å². The Hall–Kier alpha value is -1.45. The van der Waals surface area contributed by atoms with Crippen molar-refractivity contribution in [3.8, 4) is 0 Å². The van der Waals surface area contributed by atoms with Gasteiger partial charge in [-0.05, 0) is 20.3 Å². The highest BCUT2D eigenvalue weighted by Crippen LogP contribution is 2.60. The normalized spacial score (nSPS) is 37.0. The van der Waals surface area contributed by atoms with Gasteiger partial charge in [-0.1, -0.05) is 22.0 Å². The number of nitrogens with zero attached hydrogens (tertiary/aromatic N) is 2. The molecule has 2 amide bonds. The highest BCUT2D eigenvalue weighted by Gasteiger charge is 2.76. The predicted octanol–water partition coefficient (Wildman–Crippen LogP) is 0.234. The number of halogens is 1. The molecule has 1 unspecified atom stereocenters.